The van der Waals surface area contributed by atoms with Crippen LogP contribution in [0.25, 0.3) is 10.9 Å². The van der Waals surface area contributed by atoms with E-state index >= 15 is 0 Å². The molecular formula is C20H20ClN3O3S. The first-order valence-electron chi connectivity index (χ1n) is 8.71. The van der Waals surface area contributed by atoms with Crippen LogP contribution in [0.1, 0.15) is 5.56 Å². The van der Waals surface area contributed by atoms with Crippen LogP contribution in [0.15, 0.2) is 58.5 Å². The van der Waals surface area contributed by atoms with E-state index in [0.29, 0.717) is 40.8 Å². The second-order valence-electron chi connectivity index (χ2n) is 6.06. The predicted octanol–water partition coefficient (Wildman–Crippen LogP) is 2.95. The molecule has 0 aliphatic carbocycles. The van der Waals surface area contributed by atoms with Gasteiger partial charge in [-0.2, -0.15) is 0 Å². The summed E-state index contributed by atoms with van der Waals surface area (Å²) >= 11 is 7.19. The Balaban J connectivity index is 1.89. The molecule has 0 unspecified atom stereocenters. The molecule has 2 aromatic carbocycles. The van der Waals surface area contributed by atoms with Gasteiger partial charge < -0.3 is 10.1 Å². The zero-order valence-electron chi connectivity index (χ0n) is 15.4. The molecule has 1 N–H and O–H groups in total. The maximum atomic E-state index is 13.0. The molecular weight excluding hydrogens is 398 g/mol. The van der Waals surface area contributed by atoms with Crippen LogP contribution in [0.5, 0.6) is 0 Å². The molecule has 1 amide bonds. The van der Waals surface area contributed by atoms with Crippen LogP contribution in [-0.4, -0.2) is 41.5 Å². The molecule has 0 fully saturated rings. The standard InChI is InChI=1S/C20H20ClN3O3S/c1-27-11-10-22-18(25)13-28-20-23-17-5-3-2-4-16(17)19(26)24(20)12-14-6-8-15(21)9-7-14/h2-9H,10-13H2,1H3,(H,22,25). The predicted molar refractivity (Wildman–Crippen MR) is 112 cm³/mol. The third-order valence-corrected chi connectivity index (χ3v) is 5.27. The Labute approximate surface area is 171 Å². The number of amides is 1. The lowest BCUT2D eigenvalue weighted by Crippen LogP contribution is -2.29. The van der Waals surface area contributed by atoms with Crippen molar-refractivity contribution < 1.29 is 9.53 Å². The Hall–Kier alpha value is -2.35. The van der Waals surface area contributed by atoms with Crippen molar-refractivity contribution in [2.45, 2.75) is 11.7 Å². The fourth-order valence-electron chi connectivity index (χ4n) is 2.64. The van der Waals surface area contributed by atoms with Gasteiger partial charge in [0, 0.05) is 18.7 Å². The van der Waals surface area contributed by atoms with Crippen molar-refractivity contribution in [2.24, 2.45) is 0 Å². The van der Waals surface area contributed by atoms with Gasteiger partial charge in [0.25, 0.3) is 5.56 Å². The molecule has 8 heteroatoms. The first kappa shape index (κ1) is 20.4. The molecule has 0 radical (unpaired) electrons. The fraction of sp³-hybridized carbons (Fsp3) is 0.250. The van der Waals surface area contributed by atoms with Crippen molar-refractivity contribution in [3.05, 3.63) is 69.5 Å². The maximum Gasteiger partial charge on any atom is 0.262 e. The third kappa shape index (κ3) is 5.13. The average molecular weight is 418 g/mol. The van der Waals surface area contributed by atoms with Gasteiger partial charge in [0.2, 0.25) is 5.91 Å². The van der Waals surface area contributed by atoms with Gasteiger partial charge in [-0.05, 0) is 29.8 Å². The lowest BCUT2D eigenvalue weighted by atomic mass is 10.2. The van der Waals surface area contributed by atoms with Crippen molar-refractivity contribution in [3.63, 3.8) is 0 Å². The van der Waals surface area contributed by atoms with Gasteiger partial charge in [0.05, 0.1) is 29.8 Å². The molecule has 3 aromatic rings. The number of nitrogens with zero attached hydrogens (tertiary/aromatic N) is 2. The van der Waals surface area contributed by atoms with E-state index in [0.717, 1.165) is 5.56 Å². The number of ether oxygens (including phenoxy) is 1. The number of fused-ring (bicyclic) bond motifs is 1. The molecule has 6 nitrogen and oxygen atoms in total. The van der Waals surface area contributed by atoms with Crippen LogP contribution in [0, 0.1) is 0 Å². The molecule has 0 saturated heterocycles. The molecule has 1 aromatic heterocycles. The summed E-state index contributed by atoms with van der Waals surface area (Å²) in [6.07, 6.45) is 0. The van der Waals surface area contributed by atoms with Crippen LogP contribution in [0.2, 0.25) is 5.02 Å². The molecule has 3 rings (SSSR count). The van der Waals surface area contributed by atoms with Crippen molar-refractivity contribution in [1.82, 2.24) is 14.9 Å². The topological polar surface area (TPSA) is 73.2 Å². The van der Waals surface area contributed by atoms with E-state index < -0.39 is 0 Å². The Bertz CT molecular complexity index is 1020. The highest BCUT2D eigenvalue weighted by molar-refractivity contribution is 7.99. The lowest BCUT2D eigenvalue weighted by Gasteiger charge is -2.13. The summed E-state index contributed by atoms with van der Waals surface area (Å²) in [6.45, 7) is 1.24. The van der Waals surface area contributed by atoms with Gasteiger partial charge in [0.15, 0.2) is 5.16 Å². The number of aromatic nitrogens is 2. The quantitative estimate of drug-likeness (QED) is 0.346. The minimum absolute atomic E-state index is 0.136. The van der Waals surface area contributed by atoms with Crippen molar-refractivity contribution in [1.29, 1.82) is 0 Å². The minimum Gasteiger partial charge on any atom is -0.383 e. The second kappa shape index (κ2) is 9.73. The van der Waals surface area contributed by atoms with E-state index in [2.05, 4.69) is 10.3 Å². The highest BCUT2D eigenvalue weighted by Crippen LogP contribution is 2.19. The Kier molecular flexibility index (Phi) is 7.08. The van der Waals surface area contributed by atoms with E-state index in [9.17, 15) is 9.59 Å². The molecule has 0 spiro atoms. The fourth-order valence-corrected chi connectivity index (χ4v) is 3.60. The molecule has 0 saturated carbocycles. The van der Waals surface area contributed by atoms with Crippen molar-refractivity contribution in [2.75, 3.05) is 26.0 Å². The molecule has 146 valence electrons. The normalized spacial score (nSPS) is 10.9. The number of methoxy groups -OCH3 is 1. The van der Waals surface area contributed by atoms with Crippen LogP contribution in [0.4, 0.5) is 0 Å². The number of hydrogen-bond acceptors (Lipinski definition) is 5. The number of hydrogen-bond donors (Lipinski definition) is 1. The highest BCUT2D eigenvalue weighted by Gasteiger charge is 2.13. The van der Waals surface area contributed by atoms with Gasteiger partial charge >= 0.3 is 0 Å². The summed E-state index contributed by atoms with van der Waals surface area (Å²) in [5.41, 5.74) is 1.40. The van der Waals surface area contributed by atoms with Crippen molar-refractivity contribution >= 4 is 40.2 Å². The summed E-state index contributed by atoms with van der Waals surface area (Å²) in [7, 11) is 1.58. The molecule has 0 bridgehead atoms. The largest absolute Gasteiger partial charge is 0.383 e. The summed E-state index contributed by atoms with van der Waals surface area (Å²) < 4.78 is 6.52. The number of carbonyl (C=O) groups excluding carboxylic acids is 1. The van der Waals surface area contributed by atoms with Crippen LogP contribution < -0.4 is 10.9 Å². The van der Waals surface area contributed by atoms with Gasteiger partial charge in [-0.1, -0.05) is 47.6 Å². The molecule has 0 aliphatic heterocycles. The van der Waals surface area contributed by atoms with E-state index in [-0.39, 0.29) is 17.2 Å². The van der Waals surface area contributed by atoms with Crippen LogP contribution in [0.3, 0.4) is 0 Å². The van der Waals surface area contributed by atoms with E-state index in [1.807, 2.05) is 24.3 Å². The van der Waals surface area contributed by atoms with E-state index in [1.54, 1.807) is 35.9 Å². The Morgan fingerprint density at radius 1 is 1.21 bits per heavy atom. The first-order chi connectivity index (χ1) is 13.6. The van der Waals surface area contributed by atoms with E-state index in [1.165, 1.54) is 11.8 Å². The van der Waals surface area contributed by atoms with Crippen molar-refractivity contribution in [3.8, 4) is 0 Å². The molecule has 28 heavy (non-hydrogen) atoms. The first-order valence-corrected chi connectivity index (χ1v) is 10.1. The Morgan fingerprint density at radius 3 is 2.71 bits per heavy atom. The maximum absolute atomic E-state index is 13.0. The number of benzene rings is 2. The monoisotopic (exact) mass is 417 g/mol. The summed E-state index contributed by atoms with van der Waals surface area (Å²) in [5, 5.41) is 4.45. The second-order valence-corrected chi connectivity index (χ2v) is 7.44. The third-order valence-electron chi connectivity index (χ3n) is 4.04. The van der Waals surface area contributed by atoms with Gasteiger partial charge in [0.1, 0.15) is 0 Å². The number of nitrogens with one attached hydrogen (secondary N) is 1. The minimum atomic E-state index is -0.137. The summed E-state index contributed by atoms with van der Waals surface area (Å²) in [4.78, 5) is 29.7. The average Bonchev–Trinajstić information content (AvgIpc) is 2.70. The zero-order valence-corrected chi connectivity index (χ0v) is 16.9. The van der Waals surface area contributed by atoms with Gasteiger partial charge in [-0.15, -0.1) is 0 Å². The zero-order chi connectivity index (χ0) is 19.9. The summed E-state index contributed by atoms with van der Waals surface area (Å²) in [5.74, 6) is 0.0252. The number of halogens is 1. The van der Waals surface area contributed by atoms with Crippen LogP contribution in [-0.2, 0) is 16.1 Å². The van der Waals surface area contributed by atoms with Gasteiger partial charge in [-0.25, -0.2) is 4.98 Å². The lowest BCUT2D eigenvalue weighted by molar-refractivity contribution is -0.118. The molecule has 0 atom stereocenters. The Morgan fingerprint density at radius 2 is 1.96 bits per heavy atom. The van der Waals surface area contributed by atoms with E-state index in [4.69, 9.17) is 16.3 Å². The van der Waals surface area contributed by atoms with Gasteiger partial charge in [-0.3, -0.25) is 14.2 Å². The highest BCUT2D eigenvalue weighted by atomic mass is 35.5. The molecule has 0 aliphatic rings. The number of carbonyl (C=O) groups is 1. The summed E-state index contributed by atoms with van der Waals surface area (Å²) in [6, 6.07) is 14.5. The number of rotatable bonds is 8. The number of thioether (sulfide) groups is 1. The van der Waals surface area contributed by atoms with Crippen LogP contribution >= 0.6 is 23.4 Å². The SMILES string of the molecule is COCCNC(=O)CSc1nc2ccccc2c(=O)n1Cc1ccc(Cl)cc1. The molecule has 1 heterocycles. The smallest absolute Gasteiger partial charge is 0.262 e. The number of para-hydroxylation sites is 1.